The summed E-state index contributed by atoms with van der Waals surface area (Å²) in [4.78, 5) is 38.9. The molecule has 4 rings (SSSR count). The molecule has 0 aromatic heterocycles. The maximum atomic E-state index is 13.1. The Balaban J connectivity index is 1.43. The van der Waals surface area contributed by atoms with Gasteiger partial charge in [0.15, 0.2) is 11.5 Å². The Morgan fingerprint density at radius 2 is 1.94 bits per heavy atom. The summed E-state index contributed by atoms with van der Waals surface area (Å²) in [6, 6.07) is 11.7. The second kappa shape index (κ2) is 8.17. The van der Waals surface area contributed by atoms with E-state index in [0.717, 1.165) is 10.5 Å². The number of rotatable bonds is 6. The molecule has 1 atom stereocenters. The van der Waals surface area contributed by atoms with E-state index < -0.39 is 23.4 Å². The molecule has 2 N–H and O–H groups in total. The van der Waals surface area contributed by atoms with Crippen molar-refractivity contribution in [2.45, 2.75) is 19.0 Å². The van der Waals surface area contributed by atoms with Crippen molar-refractivity contribution in [3.8, 4) is 17.2 Å². The Hall–Kier alpha value is -3.75. The molecule has 9 nitrogen and oxygen atoms in total. The van der Waals surface area contributed by atoms with Gasteiger partial charge >= 0.3 is 6.03 Å². The predicted molar refractivity (Wildman–Crippen MR) is 110 cm³/mol. The number of hydrogen-bond donors (Lipinski definition) is 2. The van der Waals surface area contributed by atoms with Gasteiger partial charge in [-0.3, -0.25) is 14.5 Å². The lowest BCUT2D eigenvalue weighted by molar-refractivity contribution is -0.134. The number of hydrogen-bond acceptors (Lipinski definition) is 6. The normalized spacial score (nSPS) is 19.7. The number of methoxy groups -OCH3 is 1. The Kier molecular flexibility index (Phi) is 5.41. The van der Waals surface area contributed by atoms with E-state index in [-0.39, 0.29) is 13.1 Å². The minimum Gasteiger partial charge on any atom is -0.497 e. The van der Waals surface area contributed by atoms with Gasteiger partial charge in [0.1, 0.15) is 31.0 Å². The first kappa shape index (κ1) is 20.5. The van der Waals surface area contributed by atoms with Crippen LogP contribution in [0.15, 0.2) is 42.5 Å². The topological polar surface area (TPSA) is 106 Å². The van der Waals surface area contributed by atoms with Gasteiger partial charge in [0.25, 0.3) is 5.91 Å². The van der Waals surface area contributed by atoms with Gasteiger partial charge in [-0.25, -0.2) is 4.79 Å². The quantitative estimate of drug-likeness (QED) is 0.681. The maximum absolute atomic E-state index is 13.1. The highest BCUT2D eigenvalue weighted by Crippen LogP contribution is 2.36. The van der Waals surface area contributed by atoms with Crippen molar-refractivity contribution in [2.75, 3.05) is 26.9 Å². The zero-order chi connectivity index (χ0) is 22.0. The first-order valence-electron chi connectivity index (χ1n) is 9.84. The van der Waals surface area contributed by atoms with E-state index >= 15 is 0 Å². The Morgan fingerprint density at radius 3 is 2.71 bits per heavy atom. The van der Waals surface area contributed by atoms with Crippen molar-refractivity contribution in [3.05, 3.63) is 53.6 Å². The molecular formula is C22H23N3O6. The van der Waals surface area contributed by atoms with Crippen LogP contribution in [0, 0.1) is 0 Å². The second-order valence-electron chi connectivity index (χ2n) is 7.43. The number of nitrogens with one attached hydrogen (secondary N) is 2. The van der Waals surface area contributed by atoms with E-state index in [9.17, 15) is 14.4 Å². The fourth-order valence-electron chi connectivity index (χ4n) is 3.57. The number of carbonyl (C=O) groups is 3. The van der Waals surface area contributed by atoms with Gasteiger partial charge < -0.3 is 24.8 Å². The molecule has 2 heterocycles. The maximum Gasteiger partial charge on any atom is 0.325 e. The van der Waals surface area contributed by atoms with Gasteiger partial charge in [-0.2, -0.15) is 0 Å². The monoisotopic (exact) mass is 425 g/mol. The van der Waals surface area contributed by atoms with Crippen LogP contribution in [-0.2, 0) is 21.7 Å². The van der Waals surface area contributed by atoms with Crippen LogP contribution in [0.1, 0.15) is 18.1 Å². The first-order valence-corrected chi connectivity index (χ1v) is 9.84. The lowest BCUT2D eigenvalue weighted by atomic mass is 9.91. The molecule has 0 radical (unpaired) electrons. The van der Waals surface area contributed by atoms with Crippen molar-refractivity contribution in [2.24, 2.45) is 0 Å². The summed E-state index contributed by atoms with van der Waals surface area (Å²) in [7, 11) is 1.56. The third-order valence-electron chi connectivity index (χ3n) is 5.32. The number of imide groups is 1. The molecule has 2 aromatic rings. The van der Waals surface area contributed by atoms with Crippen molar-refractivity contribution in [1.29, 1.82) is 0 Å². The van der Waals surface area contributed by atoms with Gasteiger partial charge in [0.2, 0.25) is 5.91 Å². The fourth-order valence-corrected chi connectivity index (χ4v) is 3.57. The molecule has 2 aliphatic heterocycles. The number of benzene rings is 2. The standard InChI is InChI=1S/C22H23N3O6/c1-22(15-6-7-17-18(11-15)31-9-8-30-17)20(27)25(21(28)24-22)13-19(26)23-12-14-4-3-5-16(10-14)29-2/h3-7,10-11H,8-9,12-13H2,1-2H3,(H,23,26)(H,24,28). The van der Waals surface area contributed by atoms with E-state index in [4.69, 9.17) is 14.2 Å². The second-order valence-corrected chi connectivity index (χ2v) is 7.43. The zero-order valence-corrected chi connectivity index (χ0v) is 17.3. The number of ether oxygens (including phenoxy) is 3. The molecule has 4 amide bonds. The molecule has 0 saturated carbocycles. The predicted octanol–water partition coefficient (Wildman–Crippen LogP) is 1.55. The molecule has 1 unspecified atom stereocenters. The average Bonchev–Trinajstić information content (AvgIpc) is 3.01. The highest BCUT2D eigenvalue weighted by Gasteiger charge is 2.49. The number of nitrogens with zero attached hydrogens (tertiary/aromatic N) is 1. The number of carbonyl (C=O) groups excluding carboxylic acids is 3. The highest BCUT2D eigenvalue weighted by atomic mass is 16.6. The van der Waals surface area contributed by atoms with Crippen LogP contribution in [0.2, 0.25) is 0 Å². The molecule has 162 valence electrons. The smallest absolute Gasteiger partial charge is 0.325 e. The van der Waals surface area contributed by atoms with Gasteiger partial charge in [0, 0.05) is 6.54 Å². The molecule has 0 aliphatic carbocycles. The summed E-state index contributed by atoms with van der Waals surface area (Å²) in [5.41, 5.74) is 0.0837. The number of urea groups is 1. The van der Waals surface area contributed by atoms with Crippen molar-refractivity contribution in [1.82, 2.24) is 15.5 Å². The molecule has 0 spiro atoms. The van der Waals surface area contributed by atoms with E-state index in [1.807, 2.05) is 12.1 Å². The third kappa shape index (κ3) is 3.98. The minimum atomic E-state index is -1.31. The van der Waals surface area contributed by atoms with Crippen molar-refractivity contribution < 1.29 is 28.6 Å². The Bertz CT molecular complexity index is 1040. The van der Waals surface area contributed by atoms with Gasteiger partial charge in [-0.1, -0.05) is 18.2 Å². The molecule has 9 heteroatoms. The van der Waals surface area contributed by atoms with Gasteiger partial charge in [-0.15, -0.1) is 0 Å². The van der Waals surface area contributed by atoms with E-state index in [1.165, 1.54) is 0 Å². The van der Waals surface area contributed by atoms with Crippen LogP contribution in [0.5, 0.6) is 17.2 Å². The molecule has 1 saturated heterocycles. The van der Waals surface area contributed by atoms with Crippen LogP contribution < -0.4 is 24.8 Å². The highest BCUT2D eigenvalue weighted by molar-refractivity contribution is 6.09. The summed E-state index contributed by atoms with van der Waals surface area (Å²) < 4.78 is 16.2. The van der Waals surface area contributed by atoms with Gasteiger partial charge in [-0.05, 0) is 42.3 Å². The summed E-state index contributed by atoms with van der Waals surface area (Å²) in [6.45, 7) is 2.34. The van der Waals surface area contributed by atoms with Crippen molar-refractivity contribution >= 4 is 17.8 Å². The molecule has 31 heavy (non-hydrogen) atoms. The third-order valence-corrected chi connectivity index (χ3v) is 5.32. The molecule has 2 aliphatic rings. The van der Waals surface area contributed by atoms with E-state index in [2.05, 4.69) is 10.6 Å². The lowest BCUT2D eigenvalue weighted by Gasteiger charge is -2.25. The lowest BCUT2D eigenvalue weighted by Crippen LogP contribution is -2.43. The van der Waals surface area contributed by atoms with Crippen LogP contribution in [0.3, 0.4) is 0 Å². The number of amides is 4. The summed E-state index contributed by atoms with van der Waals surface area (Å²) in [6.07, 6.45) is 0. The largest absolute Gasteiger partial charge is 0.497 e. The molecule has 2 aromatic carbocycles. The van der Waals surface area contributed by atoms with Crippen molar-refractivity contribution in [3.63, 3.8) is 0 Å². The van der Waals surface area contributed by atoms with Crippen LogP contribution >= 0.6 is 0 Å². The molecular weight excluding hydrogens is 402 g/mol. The first-order chi connectivity index (χ1) is 14.9. The minimum absolute atomic E-state index is 0.249. The summed E-state index contributed by atoms with van der Waals surface area (Å²) in [5.74, 6) is 0.824. The fraction of sp³-hybridized carbons (Fsp3) is 0.318. The number of fused-ring (bicyclic) bond motifs is 1. The zero-order valence-electron chi connectivity index (χ0n) is 17.3. The Morgan fingerprint density at radius 1 is 1.16 bits per heavy atom. The van der Waals surface area contributed by atoms with Crippen LogP contribution in [0.4, 0.5) is 4.79 Å². The molecule has 0 bridgehead atoms. The average molecular weight is 425 g/mol. The van der Waals surface area contributed by atoms with E-state index in [1.54, 1.807) is 44.4 Å². The summed E-state index contributed by atoms with van der Waals surface area (Å²) in [5, 5.41) is 5.41. The van der Waals surface area contributed by atoms with E-state index in [0.29, 0.717) is 36.0 Å². The SMILES string of the molecule is COc1cccc(CNC(=O)CN2C(=O)NC(C)(c3ccc4c(c3)OCCO4)C2=O)c1. The van der Waals surface area contributed by atoms with Crippen LogP contribution in [-0.4, -0.2) is 49.6 Å². The van der Waals surface area contributed by atoms with Gasteiger partial charge in [0.05, 0.1) is 7.11 Å². The summed E-state index contributed by atoms with van der Waals surface area (Å²) >= 11 is 0. The van der Waals surface area contributed by atoms with Crippen LogP contribution in [0.25, 0.3) is 0 Å². The Labute approximate surface area is 179 Å². The molecule has 1 fully saturated rings.